The van der Waals surface area contributed by atoms with E-state index in [1.54, 1.807) is 11.3 Å². The van der Waals surface area contributed by atoms with Gasteiger partial charge in [0.25, 0.3) is 0 Å². The van der Waals surface area contributed by atoms with Crippen molar-refractivity contribution in [3.8, 4) is 0 Å². The number of imidazole rings is 1. The number of thiazole rings is 1. The van der Waals surface area contributed by atoms with Crippen molar-refractivity contribution < 1.29 is 0 Å². The Labute approximate surface area is 126 Å². The van der Waals surface area contributed by atoms with E-state index in [-0.39, 0.29) is 6.04 Å². The van der Waals surface area contributed by atoms with Crippen LogP contribution in [0, 0.1) is 6.92 Å². The third-order valence-electron chi connectivity index (χ3n) is 3.41. The van der Waals surface area contributed by atoms with Crippen LogP contribution in [0.5, 0.6) is 0 Å². The average molecular weight is 307 g/mol. The zero-order valence-electron chi connectivity index (χ0n) is 11.4. The lowest BCUT2D eigenvalue weighted by Gasteiger charge is -2.17. The van der Waals surface area contributed by atoms with E-state index >= 15 is 0 Å². The van der Waals surface area contributed by atoms with Gasteiger partial charge in [-0.25, -0.2) is 15.0 Å². The molecule has 6 heteroatoms. The van der Waals surface area contributed by atoms with Gasteiger partial charge >= 0.3 is 0 Å². The minimum Gasteiger partial charge on any atom is -0.302 e. The molecule has 0 aliphatic heterocycles. The topological polar surface area (TPSA) is 43.6 Å². The van der Waals surface area contributed by atoms with Crippen molar-refractivity contribution in [2.24, 2.45) is 0 Å². The molecule has 0 bridgehead atoms. The summed E-state index contributed by atoms with van der Waals surface area (Å²) >= 11 is 7.75. The van der Waals surface area contributed by atoms with Crippen LogP contribution in [-0.4, -0.2) is 19.5 Å². The smallest absolute Gasteiger partial charge is 0.160 e. The van der Waals surface area contributed by atoms with Gasteiger partial charge in [0.05, 0.1) is 11.9 Å². The van der Waals surface area contributed by atoms with Crippen LogP contribution in [-0.2, 0) is 5.88 Å². The van der Waals surface area contributed by atoms with Gasteiger partial charge in [-0.05, 0) is 25.0 Å². The molecule has 0 saturated carbocycles. The number of alkyl halides is 1. The zero-order chi connectivity index (χ0) is 14.1. The fourth-order valence-electron chi connectivity index (χ4n) is 2.44. The summed E-state index contributed by atoms with van der Waals surface area (Å²) in [5.74, 6) is 1.23. The Hall–Kier alpha value is -1.46. The maximum absolute atomic E-state index is 6.09. The summed E-state index contributed by atoms with van der Waals surface area (Å²) < 4.78 is 2.13. The van der Waals surface area contributed by atoms with E-state index in [0.717, 1.165) is 34.0 Å². The first kappa shape index (κ1) is 13.5. The molecule has 0 aromatic carbocycles. The molecule has 0 saturated heterocycles. The summed E-state index contributed by atoms with van der Waals surface area (Å²) in [5, 5.41) is 3.07. The van der Waals surface area contributed by atoms with Gasteiger partial charge in [0, 0.05) is 17.8 Å². The summed E-state index contributed by atoms with van der Waals surface area (Å²) in [5.41, 5.74) is 2.94. The van der Waals surface area contributed by atoms with Gasteiger partial charge in [-0.2, -0.15) is 0 Å². The van der Waals surface area contributed by atoms with Crippen LogP contribution in [0.25, 0.3) is 11.2 Å². The Morgan fingerprint density at radius 2 is 2.20 bits per heavy atom. The number of nitrogens with zero attached hydrogens (tertiary/aromatic N) is 4. The van der Waals surface area contributed by atoms with Gasteiger partial charge in [0.1, 0.15) is 16.3 Å². The molecule has 3 aromatic rings. The quantitative estimate of drug-likeness (QED) is 0.686. The molecule has 0 aliphatic carbocycles. The third kappa shape index (κ3) is 2.11. The molecule has 0 radical (unpaired) electrons. The standard InChI is InChI=1S/C14H15ClN4S/c1-3-10(14-17-6-7-20-14)19-11(8-15)18-12-9(2)4-5-16-13(12)19/h4-7,10H,3,8H2,1-2H3. The Bertz CT molecular complexity index is 720. The number of aryl methyl sites for hydroxylation is 1. The first-order valence-corrected chi connectivity index (χ1v) is 7.95. The number of aromatic nitrogens is 4. The summed E-state index contributed by atoms with van der Waals surface area (Å²) in [4.78, 5) is 13.6. The van der Waals surface area contributed by atoms with Gasteiger partial charge in [-0.15, -0.1) is 22.9 Å². The predicted molar refractivity (Wildman–Crippen MR) is 82.4 cm³/mol. The minimum atomic E-state index is 0.142. The molecule has 1 unspecified atom stereocenters. The lowest BCUT2D eigenvalue weighted by Crippen LogP contribution is -2.12. The van der Waals surface area contributed by atoms with Gasteiger partial charge < -0.3 is 4.57 Å². The normalized spacial score (nSPS) is 12.9. The van der Waals surface area contributed by atoms with E-state index in [1.165, 1.54) is 0 Å². The van der Waals surface area contributed by atoms with Crippen LogP contribution >= 0.6 is 22.9 Å². The first-order chi connectivity index (χ1) is 9.76. The molecule has 3 aromatic heterocycles. The number of hydrogen-bond donors (Lipinski definition) is 0. The Morgan fingerprint density at radius 3 is 2.85 bits per heavy atom. The highest BCUT2D eigenvalue weighted by Crippen LogP contribution is 2.30. The SMILES string of the molecule is CCC(c1nccs1)n1c(CCl)nc2c(C)ccnc21. The second-order valence-corrected chi connectivity index (χ2v) is 5.82. The van der Waals surface area contributed by atoms with Gasteiger partial charge in [0.15, 0.2) is 5.65 Å². The molecule has 20 heavy (non-hydrogen) atoms. The van der Waals surface area contributed by atoms with E-state index in [1.807, 2.05) is 30.8 Å². The number of hydrogen-bond acceptors (Lipinski definition) is 4. The van der Waals surface area contributed by atoms with E-state index in [4.69, 9.17) is 11.6 Å². The van der Waals surface area contributed by atoms with Crippen LogP contribution in [0.2, 0.25) is 0 Å². The van der Waals surface area contributed by atoms with Crippen LogP contribution < -0.4 is 0 Å². The van der Waals surface area contributed by atoms with E-state index in [2.05, 4.69) is 26.4 Å². The Morgan fingerprint density at radius 1 is 1.35 bits per heavy atom. The molecule has 3 rings (SSSR count). The highest BCUT2D eigenvalue weighted by molar-refractivity contribution is 7.09. The van der Waals surface area contributed by atoms with E-state index in [0.29, 0.717) is 5.88 Å². The Kier molecular flexibility index (Phi) is 3.72. The van der Waals surface area contributed by atoms with Crippen molar-refractivity contribution in [3.63, 3.8) is 0 Å². The number of halogens is 1. The van der Waals surface area contributed by atoms with Crippen molar-refractivity contribution in [3.05, 3.63) is 40.2 Å². The van der Waals surface area contributed by atoms with Crippen LogP contribution in [0.4, 0.5) is 0 Å². The molecule has 4 nitrogen and oxygen atoms in total. The molecular formula is C14H15ClN4S. The largest absolute Gasteiger partial charge is 0.302 e. The molecule has 0 amide bonds. The van der Waals surface area contributed by atoms with Crippen molar-refractivity contribution in [2.75, 3.05) is 0 Å². The van der Waals surface area contributed by atoms with Crippen molar-refractivity contribution >= 4 is 34.1 Å². The molecule has 1 atom stereocenters. The minimum absolute atomic E-state index is 0.142. The zero-order valence-corrected chi connectivity index (χ0v) is 12.9. The van der Waals surface area contributed by atoms with Crippen molar-refractivity contribution in [2.45, 2.75) is 32.2 Å². The summed E-state index contributed by atoms with van der Waals surface area (Å²) in [6.07, 6.45) is 4.59. The fourth-order valence-corrected chi connectivity index (χ4v) is 3.44. The lowest BCUT2D eigenvalue weighted by atomic mass is 10.2. The summed E-state index contributed by atoms with van der Waals surface area (Å²) in [6.45, 7) is 4.19. The first-order valence-electron chi connectivity index (χ1n) is 6.54. The van der Waals surface area contributed by atoms with Crippen LogP contribution in [0.1, 0.15) is 35.8 Å². The molecule has 104 valence electrons. The molecule has 3 heterocycles. The molecule has 0 N–H and O–H groups in total. The highest BCUT2D eigenvalue weighted by atomic mass is 35.5. The predicted octanol–water partition coefficient (Wildman–Crippen LogP) is 3.93. The maximum Gasteiger partial charge on any atom is 0.160 e. The maximum atomic E-state index is 6.09. The number of rotatable bonds is 4. The van der Waals surface area contributed by atoms with Crippen molar-refractivity contribution in [1.82, 2.24) is 19.5 Å². The monoisotopic (exact) mass is 306 g/mol. The van der Waals surface area contributed by atoms with Crippen LogP contribution in [0.15, 0.2) is 23.8 Å². The highest BCUT2D eigenvalue weighted by Gasteiger charge is 2.22. The van der Waals surface area contributed by atoms with Gasteiger partial charge in [-0.3, -0.25) is 0 Å². The lowest BCUT2D eigenvalue weighted by molar-refractivity contribution is 0.558. The molecule has 0 spiro atoms. The summed E-state index contributed by atoms with van der Waals surface area (Å²) in [6, 6.07) is 2.12. The number of fused-ring (bicyclic) bond motifs is 1. The van der Waals surface area contributed by atoms with Gasteiger partial charge in [0.2, 0.25) is 0 Å². The summed E-state index contributed by atoms with van der Waals surface area (Å²) in [7, 11) is 0. The second kappa shape index (κ2) is 5.50. The Balaban J connectivity index is 2.26. The van der Waals surface area contributed by atoms with Gasteiger partial charge in [-0.1, -0.05) is 6.92 Å². The van der Waals surface area contributed by atoms with E-state index < -0.39 is 0 Å². The molecular weight excluding hydrogens is 292 g/mol. The number of pyridine rings is 1. The second-order valence-electron chi connectivity index (χ2n) is 4.63. The molecule has 0 fully saturated rings. The molecule has 0 aliphatic rings. The average Bonchev–Trinajstić information content (AvgIpc) is 3.09. The third-order valence-corrected chi connectivity index (χ3v) is 4.52. The fraction of sp³-hybridized carbons (Fsp3) is 0.357. The van der Waals surface area contributed by atoms with Crippen molar-refractivity contribution in [1.29, 1.82) is 0 Å². The van der Waals surface area contributed by atoms with E-state index in [9.17, 15) is 0 Å². The van der Waals surface area contributed by atoms with Crippen LogP contribution in [0.3, 0.4) is 0 Å².